The fourth-order valence-electron chi connectivity index (χ4n) is 1.55. The largest absolute Gasteiger partial charge is 0.544 e. The number of carbonyl (C=O) groups is 2. The van der Waals surface area contributed by atoms with E-state index in [-0.39, 0.29) is 12.5 Å². The first-order valence-corrected chi connectivity index (χ1v) is 5.79. The number of nitrogens with zero attached hydrogens (tertiary/aromatic N) is 1. The quantitative estimate of drug-likeness (QED) is 0.330. The Kier molecular flexibility index (Phi) is 7.21. The number of nitrogens with one attached hydrogen (secondary N) is 1. The van der Waals surface area contributed by atoms with Gasteiger partial charge >= 0.3 is 0 Å². The lowest BCUT2D eigenvalue weighted by Gasteiger charge is -2.30. The van der Waals surface area contributed by atoms with Crippen LogP contribution >= 0.6 is 0 Å². The second-order valence-electron chi connectivity index (χ2n) is 4.75. The van der Waals surface area contributed by atoms with Gasteiger partial charge in [0, 0.05) is 6.54 Å². The van der Waals surface area contributed by atoms with E-state index in [1.807, 2.05) is 14.1 Å². The molecule has 0 rings (SSSR count). The SMILES string of the molecule is C=CC(=O)NCCCCC[N+](C)(C)CC(=O)[O-]. The number of aliphatic carboxylic acids is 1. The van der Waals surface area contributed by atoms with Gasteiger partial charge in [0.25, 0.3) is 0 Å². The number of carbonyl (C=O) groups excluding carboxylic acids is 2. The minimum atomic E-state index is -1.02. The summed E-state index contributed by atoms with van der Waals surface area (Å²) in [5.41, 5.74) is 0. The van der Waals surface area contributed by atoms with Crippen molar-refractivity contribution in [2.45, 2.75) is 19.3 Å². The number of hydrogen-bond acceptors (Lipinski definition) is 3. The Bertz CT molecular complexity index is 275. The number of quaternary nitrogens is 1. The molecule has 0 heterocycles. The molecule has 98 valence electrons. The molecule has 1 N–H and O–H groups in total. The van der Waals surface area contributed by atoms with Crippen LogP contribution in [-0.2, 0) is 9.59 Å². The lowest BCUT2D eigenvalue weighted by Crippen LogP contribution is -2.48. The van der Waals surface area contributed by atoms with Gasteiger partial charge < -0.3 is 19.7 Å². The van der Waals surface area contributed by atoms with E-state index >= 15 is 0 Å². The summed E-state index contributed by atoms with van der Waals surface area (Å²) in [5.74, 6) is -1.17. The first-order chi connectivity index (χ1) is 7.87. The van der Waals surface area contributed by atoms with Crippen molar-refractivity contribution in [2.24, 2.45) is 0 Å². The van der Waals surface area contributed by atoms with Crippen LogP contribution in [0.4, 0.5) is 0 Å². The maximum atomic E-state index is 10.8. The van der Waals surface area contributed by atoms with Crippen molar-refractivity contribution < 1.29 is 19.2 Å². The first-order valence-electron chi connectivity index (χ1n) is 5.79. The van der Waals surface area contributed by atoms with Crippen molar-refractivity contribution in [3.05, 3.63) is 12.7 Å². The average Bonchev–Trinajstić information content (AvgIpc) is 2.20. The number of carboxylic acid groups (broad SMARTS) is 1. The van der Waals surface area contributed by atoms with Gasteiger partial charge in [-0.25, -0.2) is 0 Å². The number of amides is 1. The van der Waals surface area contributed by atoms with Crippen LogP contribution in [0.3, 0.4) is 0 Å². The molecule has 0 aromatic rings. The van der Waals surface area contributed by atoms with Crippen molar-refractivity contribution in [2.75, 3.05) is 33.7 Å². The molecule has 5 nitrogen and oxygen atoms in total. The minimum absolute atomic E-state index is 0.0349. The van der Waals surface area contributed by atoms with E-state index in [0.717, 1.165) is 25.8 Å². The zero-order valence-electron chi connectivity index (χ0n) is 10.7. The highest BCUT2D eigenvalue weighted by molar-refractivity contribution is 5.86. The Morgan fingerprint density at radius 1 is 1.29 bits per heavy atom. The van der Waals surface area contributed by atoms with Crippen molar-refractivity contribution in [3.8, 4) is 0 Å². The molecule has 0 unspecified atom stereocenters. The molecule has 0 bridgehead atoms. The molecular formula is C12H22N2O3. The summed E-state index contributed by atoms with van der Waals surface area (Å²) in [7, 11) is 3.74. The normalized spacial score (nSPS) is 10.9. The van der Waals surface area contributed by atoms with E-state index in [1.165, 1.54) is 6.08 Å². The Morgan fingerprint density at radius 3 is 2.47 bits per heavy atom. The number of rotatable bonds is 9. The Balaban J connectivity index is 3.54. The number of likely N-dealkylation sites (N-methyl/N-ethyl adjacent to an activating group) is 1. The van der Waals surface area contributed by atoms with E-state index in [9.17, 15) is 14.7 Å². The third kappa shape index (κ3) is 9.56. The van der Waals surface area contributed by atoms with Crippen molar-refractivity contribution in [1.29, 1.82) is 0 Å². The van der Waals surface area contributed by atoms with Gasteiger partial charge in [0.15, 0.2) is 0 Å². The summed E-state index contributed by atoms with van der Waals surface area (Å²) in [6, 6.07) is 0. The lowest BCUT2D eigenvalue weighted by atomic mass is 10.2. The number of unbranched alkanes of at least 4 members (excludes halogenated alkanes) is 2. The molecule has 0 atom stereocenters. The Morgan fingerprint density at radius 2 is 1.94 bits per heavy atom. The van der Waals surface area contributed by atoms with Crippen LogP contribution in [0.25, 0.3) is 0 Å². The predicted molar refractivity (Wildman–Crippen MR) is 63.9 cm³/mol. The Labute approximate surface area is 103 Å². The van der Waals surface area contributed by atoms with E-state index in [1.54, 1.807) is 0 Å². The summed E-state index contributed by atoms with van der Waals surface area (Å²) >= 11 is 0. The second kappa shape index (κ2) is 7.84. The van der Waals surface area contributed by atoms with Crippen LogP contribution in [0.5, 0.6) is 0 Å². The van der Waals surface area contributed by atoms with Gasteiger partial charge in [-0.3, -0.25) is 4.79 Å². The molecule has 0 aromatic carbocycles. The van der Waals surface area contributed by atoms with E-state index < -0.39 is 5.97 Å². The van der Waals surface area contributed by atoms with Crippen LogP contribution in [0.2, 0.25) is 0 Å². The molecular weight excluding hydrogens is 220 g/mol. The number of carboxylic acids is 1. The summed E-state index contributed by atoms with van der Waals surface area (Å²) in [4.78, 5) is 21.3. The highest BCUT2D eigenvalue weighted by Crippen LogP contribution is 2.02. The van der Waals surface area contributed by atoms with Crippen molar-refractivity contribution in [1.82, 2.24) is 5.32 Å². The van der Waals surface area contributed by atoms with Gasteiger partial charge in [0.05, 0.1) is 26.6 Å². The smallest absolute Gasteiger partial charge is 0.243 e. The maximum Gasteiger partial charge on any atom is 0.243 e. The van der Waals surface area contributed by atoms with Gasteiger partial charge in [-0.15, -0.1) is 0 Å². The monoisotopic (exact) mass is 242 g/mol. The molecule has 0 aliphatic heterocycles. The summed E-state index contributed by atoms with van der Waals surface area (Å²) in [6.07, 6.45) is 4.04. The van der Waals surface area contributed by atoms with Crippen LogP contribution < -0.4 is 10.4 Å². The molecule has 1 amide bonds. The van der Waals surface area contributed by atoms with Gasteiger partial charge in [-0.1, -0.05) is 6.58 Å². The standard InChI is InChI=1S/C12H22N2O3/c1-4-11(15)13-8-6-5-7-9-14(2,3)10-12(16)17/h4H,1,5-10H2,2-3H3,(H-,13,15,16,17). The molecule has 0 aliphatic carbocycles. The van der Waals surface area contributed by atoms with Gasteiger partial charge in [-0.05, 0) is 25.3 Å². The third-order valence-corrected chi connectivity index (χ3v) is 2.48. The van der Waals surface area contributed by atoms with Gasteiger partial charge in [0.2, 0.25) is 5.91 Å². The summed E-state index contributed by atoms with van der Waals surface area (Å²) < 4.78 is 0.432. The highest BCUT2D eigenvalue weighted by Gasteiger charge is 2.14. The van der Waals surface area contributed by atoms with E-state index in [0.29, 0.717) is 11.0 Å². The molecule has 0 fully saturated rings. The van der Waals surface area contributed by atoms with Crippen LogP contribution in [0.1, 0.15) is 19.3 Å². The van der Waals surface area contributed by atoms with Crippen LogP contribution in [-0.4, -0.2) is 50.1 Å². The lowest BCUT2D eigenvalue weighted by molar-refractivity contribution is -0.885. The summed E-state index contributed by atoms with van der Waals surface area (Å²) in [6.45, 7) is 4.83. The van der Waals surface area contributed by atoms with E-state index in [2.05, 4.69) is 11.9 Å². The average molecular weight is 242 g/mol. The molecule has 5 heteroatoms. The molecule has 0 aromatic heterocycles. The topological polar surface area (TPSA) is 69.2 Å². The van der Waals surface area contributed by atoms with Crippen LogP contribution in [0, 0.1) is 0 Å². The highest BCUT2D eigenvalue weighted by atomic mass is 16.4. The zero-order chi connectivity index (χ0) is 13.3. The summed E-state index contributed by atoms with van der Waals surface area (Å²) in [5, 5.41) is 13.2. The van der Waals surface area contributed by atoms with Gasteiger partial charge in [0.1, 0.15) is 6.54 Å². The molecule has 17 heavy (non-hydrogen) atoms. The van der Waals surface area contributed by atoms with E-state index in [4.69, 9.17) is 0 Å². The first kappa shape index (κ1) is 15.6. The molecule has 0 aliphatic rings. The maximum absolute atomic E-state index is 10.8. The fourth-order valence-corrected chi connectivity index (χ4v) is 1.55. The minimum Gasteiger partial charge on any atom is -0.544 e. The zero-order valence-corrected chi connectivity index (χ0v) is 10.7. The van der Waals surface area contributed by atoms with Crippen LogP contribution in [0.15, 0.2) is 12.7 Å². The van der Waals surface area contributed by atoms with Crippen molar-refractivity contribution in [3.63, 3.8) is 0 Å². The second-order valence-corrected chi connectivity index (χ2v) is 4.75. The molecule has 0 saturated heterocycles. The Hall–Kier alpha value is -1.36. The predicted octanol–water partition coefficient (Wildman–Crippen LogP) is -0.715. The van der Waals surface area contributed by atoms with Crippen molar-refractivity contribution >= 4 is 11.9 Å². The molecule has 0 radical (unpaired) electrons. The molecule has 0 spiro atoms. The fraction of sp³-hybridized carbons (Fsp3) is 0.667. The third-order valence-electron chi connectivity index (χ3n) is 2.48. The van der Waals surface area contributed by atoms with Gasteiger partial charge in [-0.2, -0.15) is 0 Å². The number of hydrogen-bond donors (Lipinski definition) is 1. The molecule has 0 saturated carbocycles.